The number of hydrogen-bond acceptors (Lipinski definition) is 8. The molecular weight excluding hydrogens is 476 g/mol. The average molecular weight is 513 g/mol. The first-order valence-corrected chi connectivity index (χ1v) is 12.0. The first-order chi connectivity index (χ1) is 17.4. The van der Waals surface area contributed by atoms with Crippen molar-refractivity contribution in [1.82, 2.24) is 0 Å². The quantitative estimate of drug-likeness (QED) is 0.217. The molecule has 0 aromatic heterocycles. The van der Waals surface area contributed by atoms with Gasteiger partial charge in [0.15, 0.2) is 0 Å². The zero-order valence-corrected chi connectivity index (χ0v) is 21.9. The predicted molar refractivity (Wildman–Crippen MR) is 139 cm³/mol. The van der Waals surface area contributed by atoms with E-state index in [1.807, 2.05) is 48.5 Å². The second kappa shape index (κ2) is 13.6. The summed E-state index contributed by atoms with van der Waals surface area (Å²) in [4.78, 5) is 22.8. The highest BCUT2D eigenvalue weighted by Crippen LogP contribution is 2.33. The van der Waals surface area contributed by atoms with Crippen LogP contribution in [0, 0.1) is 0 Å². The van der Waals surface area contributed by atoms with Crippen molar-refractivity contribution in [3.8, 4) is 11.5 Å². The maximum absolute atomic E-state index is 11.4. The molecule has 0 spiro atoms. The summed E-state index contributed by atoms with van der Waals surface area (Å²) >= 11 is 0. The molecule has 0 bridgehead atoms. The third kappa shape index (κ3) is 9.40. The van der Waals surface area contributed by atoms with Gasteiger partial charge in [-0.15, -0.1) is 0 Å². The van der Waals surface area contributed by atoms with Crippen LogP contribution < -0.4 is 9.47 Å². The standard InChI is InChI=1S/C29H36O8/c1-19(2)27(32)36-25(30)15-17-34-23-11-7-21(8-12-23)29(5,6)22-9-13-24(14-10-22)35-18-16-26(31)37-28(33)20(3)4/h7-14,25-26,30-31H,1,3,15-18H2,2,4-6H3. The van der Waals surface area contributed by atoms with Gasteiger partial charge in [0, 0.05) is 29.4 Å². The predicted octanol–water partition coefficient (Wildman–Crippen LogP) is 4.43. The lowest BCUT2D eigenvalue weighted by Gasteiger charge is -2.26. The monoisotopic (exact) mass is 512 g/mol. The first kappa shape index (κ1) is 29.6. The Balaban J connectivity index is 1.86. The second-order valence-electron chi connectivity index (χ2n) is 9.23. The Morgan fingerprint density at radius 3 is 1.35 bits per heavy atom. The molecule has 0 fully saturated rings. The molecule has 2 atom stereocenters. The van der Waals surface area contributed by atoms with Crippen LogP contribution in [0.15, 0.2) is 72.8 Å². The summed E-state index contributed by atoms with van der Waals surface area (Å²) in [6.45, 7) is 14.6. The third-order valence-electron chi connectivity index (χ3n) is 5.60. The molecule has 2 aromatic rings. The molecule has 0 radical (unpaired) electrons. The molecule has 2 aromatic carbocycles. The van der Waals surface area contributed by atoms with Gasteiger partial charge in [0.2, 0.25) is 12.6 Å². The molecule has 8 nitrogen and oxygen atoms in total. The number of rotatable bonds is 14. The summed E-state index contributed by atoms with van der Waals surface area (Å²) in [5.74, 6) is -0.00569. The molecule has 2 N–H and O–H groups in total. The summed E-state index contributed by atoms with van der Waals surface area (Å²) in [5.41, 5.74) is 2.30. The third-order valence-corrected chi connectivity index (χ3v) is 5.60. The van der Waals surface area contributed by atoms with Gasteiger partial charge in [0.1, 0.15) is 11.5 Å². The smallest absolute Gasteiger partial charge is 0.335 e. The molecule has 200 valence electrons. The fraction of sp³-hybridized carbons (Fsp3) is 0.379. The molecule has 0 heterocycles. The van der Waals surface area contributed by atoms with Crippen molar-refractivity contribution in [3.63, 3.8) is 0 Å². The number of aliphatic hydroxyl groups is 2. The molecule has 0 aliphatic rings. The summed E-state index contributed by atoms with van der Waals surface area (Å²) < 4.78 is 21.0. The normalized spacial score (nSPS) is 12.7. The van der Waals surface area contributed by atoms with E-state index >= 15 is 0 Å². The maximum atomic E-state index is 11.4. The van der Waals surface area contributed by atoms with Gasteiger partial charge >= 0.3 is 11.9 Å². The van der Waals surface area contributed by atoms with Crippen LogP contribution in [0.5, 0.6) is 11.5 Å². The van der Waals surface area contributed by atoms with Crippen LogP contribution in [-0.2, 0) is 24.5 Å². The van der Waals surface area contributed by atoms with Crippen molar-refractivity contribution in [2.75, 3.05) is 13.2 Å². The highest BCUT2D eigenvalue weighted by molar-refractivity contribution is 5.87. The number of carbonyl (C=O) groups is 2. The van der Waals surface area contributed by atoms with Gasteiger partial charge in [-0.2, -0.15) is 0 Å². The second-order valence-corrected chi connectivity index (χ2v) is 9.23. The molecule has 8 heteroatoms. The lowest BCUT2D eigenvalue weighted by molar-refractivity contribution is -0.165. The molecule has 0 saturated heterocycles. The zero-order valence-electron chi connectivity index (χ0n) is 21.9. The van der Waals surface area contributed by atoms with E-state index in [-0.39, 0.29) is 42.6 Å². The van der Waals surface area contributed by atoms with Crippen LogP contribution in [0.25, 0.3) is 0 Å². The van der Waals surface area contributed by atoms with E-state index in [1.54, 1.807) is 0 Å². The molecule has 0 aliphatic carbocycles. The first-order valence-electron chi connectivity index (χ1n) is 12.0. The van der Waals surface area contributed by atoms with Gasteiger partial charge < -0.3 is 29.2 Å². The van der Waals surface area contributed by atoms with Crippen LogP contribution >= 0.6 is 0 Å². The van der Waals surface area contributed by atoms with Crippen LogP contribution in [0.3, 0.4) is 0 Å². The van der Waals surface area contributed by atoms with E-state index < -0.39 is 24.5 Å². The lowest BCUT2D eigenvalue weighted by Crippen LogP contribution is -2.21. The van der Waals surface area contributed by atoms with Gasteiger partial charge in [-0.1, -0.05) is 51.3 Å². The molecule has 0 saturated carbocycles. The maximum Gasteiger partial charge on any atom is 0.335 e. The Bertz CT molecular complexity index is 985. The molecule has 0 aliphatic heterocycles. The minimum Gasteiger partial charge on any atom is -0.493 e. The summed E-state index contributed by atoms with van der Waals surface area (Å²) in [6, 6.07) is 15.3. The van der Waals surface area contributed by atoms with Gasteiger partial charge in [-0.3, -0.25) is 0 Å². The number of benzene rings is 2. The van der Waals surface area contributed by atoms with Gasteiger partial charge in [0.25, 0.3) is 0 Å². The van der Waals surface area contributed by atoms with E-state index in [4.69, 9.17) is 18.9 Å². The van der Waals surface area contributed by atoms with Gasteiger partial charge in [0.05, 0.1) is 13.2 Å². The van der Waals surface area contributed by atoms with E-state index in [1.165, 1.54) is 13.8 Å². The van der Waals surface area contributed by atoms with Gasteiger partial charge in [-0.25, -0.2) is 9.59 Å². The number of hydrogen-bond donors (Lipinski definition) is 2. The highest BCUT2D eigenvalue weighted by Gasteiger charge is 2.23. The minimum absolute atomic E-state index is 0.138. The van der Waals surface area contributed by atoms with Crippen LogP contribution in [0.1, 0.15) is 51.7 Å². The van der Waals surface area contributed by atoms with E-state index in [2.05, 4.69) is 27.0 Å². The minimum atomic E-state index is -1.25. The fourth-order valence-corrected chi connectivity index (χ4v) is 3.22. The lowest BCUT2D eigenvalue weighted by atomic mass is 9.78. The number of esters is 2. The Morgan fingerprint density at radius 2 is 1.05 bits per heavy atom. The van der Waals surface area contributed by atoms with E-state index in [9.17, 15) is 19.8 Å². The Labute approximate surface area is 218 Å². The van der Waals surface area contributed by atoms with Crippen molar-refractivity contribution < 1.29 is 38.7 Å². The van der Waals surface area contributed by atoms with Crippen LogP contribution in [-0.4, -0.2) is 47.9 Å². The molecular formula is C29H36O8. The van der Waals surface area contributed by atoms with E-state index in [0.717, 1.165) is 11.1 Å². The Kier molecular flexibility index (Phi) is 10.9. The average Bonchev–Trinajstić information content (AvgIpc) is 2.84. The van der Waals surface area contributed by atoms with Crippen molar-refractivity contribution in [3.05, 3.63) is 84.0 Å². The largest absolute Gasteiger partial charge is 0.493 e. The Hall–Kier alpha value is -3.62. The Morgan fingerprint density at radius 1 is 0.730 bits per heavy atom. The number of ether oxygens (including phenoxy) is 4. The summed E-state index contributed by atoms with van der Waals surface area (Å²) in [6.07, 6.45) is -2.23. The van der Waals surface area contributed by atoms with Crippen LogP contribution in [0.4, 0.5) is 0 Å². The zero-order chi connectivity index (χ0) is 27.6. The SMILES string of the molecule is C=C(C)C(=O)OC(O)CCOc1ccc(C(C)(C)c2ccc(OCCC(O)OC(=O)C(=C)C)cc2)cc1. The molecule has 2 unspecified atom stereocenters. The molecule has 2 rings (SSSR count). The molecule has 37 heavy (non-hydrogen) atoms. The topological polar surface area (TPSA) is 112 Å². The van der Waals surface area contributed by atoms with Gasteiger partial charge in [-0.05, 0) is 49.2 Å². The highest BCUT2D eigenvalue weighted by atomic mass is 16.6. The van der Waals surface area contributed by atoms with Crippen molar-refractivity contribution in [2.24, 2.45) is 0 Å². The number of carbonyl (C=O) groups excluding carboxylic acids is 2. The van der Waals surface area contributed by atoms with Crippen molar-refractivity contribution >= 4 is 11.9 Å². The fourth-order valence-electron chi connectivity index (χ4n) is 3.22. The summed E-state index contributed by atoms with van der Waals surface area (Å²) in [5, 5.41) is 19.5. The van der Waals surface area contributed by atoms with Crippen LogP contribution in [0.2, 0.25) is 0 Å². The number of aliphatic hydroxyl groups excluding tert-OH is 2. The van der Waals surface area contributed by atoms with Crippen molar-refractivity contribution in [2.45, 2.75) is 58.5 Å². The van der Waals surface area contributed by atoms with Crippen molar-refractivity contribution in [1.29, 1.82) is 0 Å². The molecule has 0 amide bonds. The summed E-state index contributed by atoms with van der Waals surface area (Å²) in [7, 11) is 0. The van der Waals surface area contributed by atoms with E-state index in [0.29, 0.717) is 11.5 Å².